The van der Waals surface area contributed by atoms with Crippen LogP contribution in [0.15, 0.2) is 30.5 Å². The van der Waals surface area contributed by atoms with Crippen LogP contribution in [-0.4, -0.2) is 82.5 Å². The summed E-state index contributed by atoms with van der Waals surface area (Å²) >= 11 is 3.04. The van der Waals surface area contributed by atoms with Crippen molar-refractivity contribution in [3.63, 3.8) is 0 Å². The van der Waals surface area contributed by atoms with Gasteiger partial charge in [0.1, 0.15) is 12.1 Å². The highest BCUT2D eigenvalue weighted by Gasteiger charge is 2.26. The number of carboxylic acid groups (broad SMARTS) is 1. The number of nitrogens with two attached hydrogens (primary N) is 1. The number of fused-ring (bicyclic) bond motifs is 1. The molecule has 1 aromatic carbocycles. The summed E-state index contributed by atoms with van der Waals surface area (Å²) in [4.78, 5) is 52.4. The van der Waals surface area contributed by atoms with Gasteiger partial charge in [0, 0.05) is 23.5 Å². The predicted octanol–water partition coefficient (Wildman–Crippen LogP) is 0.714. The van der Waals surface area contributed by atoms with Crippen molar-refractivity contribution in [1.29, 1.82) is 0 Å². The lowest BCUT2D eigenvalue weighted by Crippen LogP contribution is -2.54. The van der Waals surface area contributed by atoms with E-state index in [1.807, 2.05) is 36.8 Å². The highest BCUT2D eigenvalue weighted by Crippen LogP contribution is 2.19. The minimum absolute atomic E-state index is 0.184. The van der Waals surface area contributed by atoms with Crippen molar-refractivity contribution < 1.29 is 24.3 Å². The first-order valence-corrected chi connectivity index (χ1v) is 13.9. The number of rotatable bonds is 15. The molecule has 10 nitrogen and oxygen atoms in total. The fraction of sp³-hybridized carbons (Fsp3) is 0.478. The molecular weight excluding hydrogens is 490 g/mol. The summed E-state index contributed by atoms with van der Waals surface area (Å²) in [6.07, 6.45) is 6.45. The second-order valence-corrected chi connectivity index (χ2v) is 9.94. The molecule has 0 spiro atoms. The highest BCUT2D eigenvalue weighted by molar-refractivity contribution is 7.98. The number of nitrogens with one attached hydrogen (secondary N) is 4. The molecule has 0 saturated heterocycles. The largest absolute Gasteiger partial charge is 0.480 e. The van der Waals surface area contributed by atoms with Crippen molar-refractivity contribution in [3.05, 3.63) is 36.0 Å². The van der Waals surface area contributed by atoms with Crippen molar-refractivity contribution in [2.24, 2.45) is 5.73 Å². The molecule has 2 aromatic rings. The number of H-pyrrole nitrogens is 1. The molecule has 12 heteroatoms. The van der Waals surface area contributed by atoms with Crippen LogP contribution < -0.4 is 21.7 Å². The van der Waals surface area contributed by atoms with Crippen LogP contribution >= 0.6 is 23.5 Å². The number of aliphatic carboxylic acids is 1. The molecule has 0 aliphatic heterocycles. The van der Waals surface area contributed by atoms with Gasteiger partial charge < -0.3 is 31.8 Å². The Hall–Kier alpha value is -2.70. The molecule has 0 radical (unpaired) electrons. The molecule has 0 fully saturated rings. The monoisotopic (exact) mass is 523 g/mol. The number of benzene rings is 1. The van der Waals surface area contributed by atoms with E-state index in [0.717, 1.165) is 16.5 Å². The number of aromatic nitrogens is 1. The van der Waals surface area contributed by atoms with E-state index in [1.165, 1.54) is 11.8 Å². The van der Waals surface area contributed by atoms with Crippen LogP contribution in [0.4, 0.5) is 0 Å². The van der Waals surface area contributed by atoms with E-state index in [2.05, 4.69) is 20.9 Å². The van der Waals surface area contributed by atoms with Gasteiger partial charge in [-0.2, -0.15) is 23.5 Å². The minimum Gasteiger partial charge on any atom is -0.480 e. The first-order chi connectivity index (χ1) is 16.8. The average molecular weight is 524 g/mol. The third-order valence-electron chi connectivity index (χ3n) is 5.37. The van der Waals surface area contributed by atoms with Crippen LogP contribution in [0.2, 0.25) is 0 Å². The van der Waals surface area contributed by atoms with E-state index in [9.17, 15) is 24.3 Å². The number of carbonyl (C=O) groups excluding carboxylic acids is 3. The zero-order valence-corrected chi connectivity index (χ0v) is 21.5. The van der Waals surface area contributed by atoms with Gasteiger partial charge in [0.15, 0.2) is 0 Å². The first-order valence-electron chi connectivity index (χ1n) is 11.2. The summed E-state index contributed by atoms with van der Waals surface area (Å²) in [6.45, 7) is -0.416. The standard InChI is InChI=1S/C23H33N5O5S2/c1-34-9-7-16(24)21(30)28-19(11-14-12-25-17-6-4-3-5-15(14)17)22(31)26-13-20(29)27-18(23(32)33)8-10-35-2/h3-6,12,16,18-19,25H,7-11,13,24H2,1-2H3,(H,26,31)(H,27,29)(H,28,30)(H,32,33). The number of hydrogen-bond acceptors (Lipinski definition) is 7. The number of thioether (sulfide) groups is 2. The number of hydrogen-bond donors (Lipinski definition) is 6. The Balaban J connectivity index is 2.08. The molecule has 35 heavy (non-hydrogen) atoms. The lowest BCUT2D eigenvalue weighted by Gasteiger charge is -2.21. The normalized spacial score (nSPS) is 13.6. The summed E-state index contributed by atoms with van der Waals surface area (Å²) in [6, 6.07) is 4.82. The van der Waals surface area contributed by atoms with Gasteiger partial charge in [0.05, 0.1) is 12.6 Å². The van der Waals surface area contributed by atoms with E-state index in [-0.39, 0.29) is 12.8 Å². The zero-order valence-electron chi connectivity index (χ0n) is 19.8. The van der Waals surface area contributed by atoms with E-state index < -0.39 is 48.4 Å². The van der Waals surface area contributed by atoms with Crippen molar-refractivity contribution >= 4 is 58.1 Å². The smallest absolute Gasteiger partial charge is 0.326 e. The molecule has 1 aromatic heterocycles. The van der Waals surface area contributed by atoms with Crippen molar-refractivity contribution in [2.75, 3.05) is 30.6 Å². The third kappa shape index (κ3) is 9.11. The van der Waals surface area contributed by atoms with E-state index in [1.54, 1.807) is 18.0 Å². The lowest BCUT2D eigenvalue weighted by atomic mass is 10.0. The summed E-state index contributed by atoms with van der Waals surface area (Å²) in [5.74, 6) is -1.50. The van der Waals surface area contributed by atoms with Crippen LogP contribution in [-0.2, 0) is 25.6 Å². The SMILES string of the molecule is CSCCC(N)C(=O)NC(Cc1c[nH]c2ccccc12)C(=O)NCC(=O)NC(CCSC)C(=O)O. The fourth-order valence-electron chi connectivity index (χ4n) is 3.41. The molecule has 2 rings (SSSR count). The maximum absolute atomic E-state index is 13.0. The number of aromatic amines is 1. The Bertz CT molecular complexity index is 1020. The summed E-state index contributed by atoms with van der Waals surface area (Å²) in [5.41, 5.74) is 7.70. The first kappa shape index (κ1) is 28.5. The van der Waals surface area contributed by atoms with Gasteiger partial charge in [-0.15, -0.1) is 0 Å². The summed E-state index contributed by atoms with van der Waals surface area (Å²) in [7, 11) is 0. The van der Waals surface area contributed by atoms with Crippen LogP contribution in [0, 0.1) is 0 Å². The third-order valence-corrected chi connectivity index (χ3v) is 6.66. The molecule has 3 unspecified atom stereocenters. The van der Waals surface area contributed by atoms with Gasteiger partial charge in [-0.3, -0.25) is 14.4 Å². The molecule has 7 N–H and O–H groups in total. The molecule has 0 bridgehead atoms. The Morgan fingerprint density at radius 3 is 2.37 bits per heavy atom. The summed E-state index contributed by atoms with van der Waals surface area (Å²) < 4.78 is 0. The minimum atomic E-state index is -1.14. The van der Waals surface area contributed by atoms with Gasteiger partial charge in [-0.1, -0.05) is 18.2 Å². The van der Waals surface area contributed by atoms with Crippen LogP contribution in [0.3, 0.4) is 0 Å². The molecule has 0 aliphatic rings. The number of para-hydroxylation sites is 1. The lowest BCUT2D eigenvalue weighted by molar-refractivity contribution is -0.141. The molecule has 0 saturated carbocycles. The molecular formula is C23H33N5O5S2. The van der Waals surface area contributed by atoms with Gasteiger partial charge >= 0.3 is 5.97 Å². The maximum Gasteiger partial charge on any atom is 0.326 e. The van der Waals surface area contributed by atoms with Gasteiger partial charge in [-0.05, 0) is 48.5 Å². The second kappa shape index (κ2) is 14.6. The Morgan fingerprint density at radius 2 is 1.69 bits per heavy atom. The Kier molecular flexibility index (Phi) is 11.9. The van der Waals surface area contributed by atoms with Crippen molar-refractivity contribution in [1.82, 2.24) is 20.9 Å². The van der Waals surface area contributed by atoms with Crippen molar-refractivity contribution in [3.8, 4) is 0 Å². The average Bonchev–Trinajstić information content (AvgIpc) is 3.25. The zero-order chi connectivity index (χ0) is 25.8. The van der Waals surface area contributed by atoms with Crippen LogP contribution in [0.5, 0.6) is 0 Å². The summed E-state index contributed by atoms with van der Waals surface area (Å²) in [5, 5.41) is 17.8. The number of amides is 3. The van der Waals surface area contributed by atoms with Gasteiger partial charge in [-0.25, -0.2) is 4.79 Å². The topological polar surface area (TPSA) is 166 Å². The number of carbonyl (C=O) groups is 4. The molecule has 3 amide bonds. The van der Waals surface area contributed by atoms with E-state index >= 15 is 0 Å². The molecule has 1 heterocycles. The van der Waals surface area contributed by atoms with Gasteiger partial charge in [0.25, 0.3) is 0 Å². The fourth-order valence-corrected chi connectivity index (χ4v) is 4.37. The van der Waals surface area contributed by atoms with Crippen LogP contribution in [0.1, 0.15) is 18.4 Å². The molecule has 3 atom stereocenters. The maximum atomic E-state index is 13.0. The predicted molar refractivity (Wildman–Crippen MR) is 140 cm³/mol. The molecule has 192 valence electrons. The van der Waals surface area contributed by atoms with E-state index in [4.69, 9.17) is 5.73 Å². The number of carboxylic acids is 1. The Labute approximate surface area is 212 Å². The van der Waals surface area contributed by atoms with E-state index in [0.29, 0.717) is 17.9 Å². The highest BCUT2D eigenvalue weighted by atomic mass is 32.2. The second-order valence-electron chi connectivity index (χ2n) is 7.97. The van der Waals surface area contributed by atoms with Crippen molar-refractivity contribution in [2.45, 2.75) is 37.4 Å². The quantitative estimate of drug-likeness (QED) is 0.199. The Morgan fingerprint density at radius 1 is 1.00 bits per heavy atom. The van der Waals surface area contributed by atoms with Crippen LogP contribution in [0.25, 0.3) is 10.9 Å². The van der Waals surface area contributed by atoms with Gasteiger partial charge in [0.2, 0.25) is 17.7 Å². The molecule has 0 aliphatic carbocycles.